The van der Waals surface area contributed by atoms with Gasteiger partial charge in [-0.2, -0.15) is 26.7 Å². The Labute approximate surface area is 117 Å². The largest absolute Gasteiger partial charge is 0.461 e. The highest BCUT2D eigenvalue weighted by molar-refractivity contribution is 8.00. The summed E-state index contributed by atoms with van der Waals surface area (Å²) in [6.07, 6.45) is 2.53. The fourth-order valence-corrected chi connectivity index (χ4v) is 2.98. The van der Waals surface area contributed by atoms with E-state index < -0.39 is 0 Å². The van der Waals surface area contributed by atoms with Crippen LogP contribution in [0.15, 0.2) is 0 Å². The van der Waals surface area contributed by atoms with E-state index in [1.807, 2.05) is 25.6 Å². The normalized spacial score (nSPS) is 18.6. The zero-order valence-electron chi connectivity index (χ0n) is 11.2. The molecule has 8 heteroatoms. The first-order valence-electron chi connectivity index (χ1n) is 6.42. The van der Waals surface area contributed by atoms with Crippen molar-refractivity contribution >= 4 is 23.7 Å². The van der Waals surface area contributed by atoms with Crippen molar-refractivity contribution in [3.63, 3.8) is 0 Å². The fraction of sp³-hybridized carbons (Fsp3) is 0.727. The van der Waals surface area contributed by atoms with Crippen LogP contribution >= 0.6 is 11.8 Å². The van der Waals surface area contributed by atoms with Crippen LogP contribution in [-0.2, 0) is 0 Å². The first-order valence-corrected chi connectivity index (χ1v) is 7.47. The lowest BCUT2D eigenvalue weighted by Crippen LogP contribution is -2.19. The SMILES string of the molecule is CC(C)Oc1nc(NN)nc(NCC2CCCS2)n1. The Balaban J connectivity index is 2.00. The van der Waals surface area contributed by atoms with E-state index in [1.54, 1.807) is 0 Å². The molecule has 4 N–H and O–H groups in total. The molecule has 19 heavy (non-hydrogen) atoms. The molecule has 1 atom stereocenters. The summed E-state index contributed by atoms with van der Waals surface area (Å²) in [5.41, 5.74) is 2.42. The number of thioether (sulfide) groups is 1. The maximum atomic E-state index is 5.47. The topological polar surface area (TPSA) is 98.0 Å². The van der Waals surface area contributed by atoms with Crippen LogP contribution < -0.4 is 21.3 Å². The molecule has 1 aromatic heterocycles. The van der Waals surface area contributed by atoms with Gasteiger partial charge in [0.05, 0.1) is 6.10 Å². The van der Waals surface area contributed by atoms with Gasteiger partial charge in [0.25, 0.3) is 0 Å². The lowest BCUT2D eigenvalue weighted by atomic mass is 10.2. The highest BCUT2D eigenvalue weighted by atomic mass is 32.2. The molecule has 0 spiro atoms. The van der Waals surface area contributed by atoms with Crippen molar-refractivity contribution in [1.29, 1.82) is 0 Å². The van der Waals surface area contributed by atoms with Crippen molar-refractivity contribution < 1.29 is 4.74 Å². The molecule has 2 rings (SSSR count). The third-order valence-electron chi connectivity index (χ3n) is 2.60. The van der Waals surface area contributed by atoms with Gasteiger partial charge >= 0.3 is 6.01 Å². The summed E-state index contributed by atoms with van der Waals surface area (Å²) in [5.74, 6) is 7.37. The number of anilines is 2. The van der Waals surface area contributed by atoms with Crippen LogP contribution in [-0.4, -0.2) is 38.6 Å². The molecule has 1 saturated heterocycles. The molecule has 2 heterocycles. The summed E-state index contributed by atoms with van der Waals surface area (Å²) in [7, 11) is 0. The molecule has 1 aliphatic heterocycles. The summed E-state index contributed by atoms with van der Waals surface area (Å²) >= 11 is 1.98. The van der Waals surface area contributed by atoms with Gasteiger partial charge in [0.15, 0.2) is 0 Å². The Morgan fingerprint density at radius 1 is 1.37 bits per heavy atom. The zero-order chi connectivity index (χ0) is 13.7. The Morgan fingerprint density at radius 3 is 2.79 bits per heavy atom. The molecule has 0 saturated carbocycles. The second kappa shape index (κ2) is 6.76. The van der Waals surface area contributed by atoms with E-state index >= 15 is 0 Å². The van der Waals surface area contributed by atoms with Crippen molar-refractivity contribution in [2.24, 2.45) is 5.84 Å². The van der Waals surface area contributed by atoms with Crippen molar-refractivity contribution in [3.8, 4) is 6.01 Å². The minimum atomic E-state index is 0.00580. The average molecular weight is 284 g/mol. The van der Waals surface area contributed by atoms with E-state index in [9.17, 15) is 0 Å². The molecule has 106 valence electrons. The number of nitrogens with two attached hydrogens (primary N) is 1. The van der Waals surface area contributed by atoms with Gasteiger partial charge in [-0.05, 0) is 32.4 Å². The molecule has 1 aromatic rings. The van der Waals surface area contributed by atoms with Crippen molar-refractivity contribution in [1.82, 2.24) is 15.0 Å². The number of hydrogen-bond donors (Lipinski definition) is 3. The van der Waals surface area contributed by atoms with Crippen molar-refractivity contribution in [2.45, 2.75) is 38.0 Å². The van der Waals surface area contributed by atoms with E-state index in [1.165, 1.54) is 18.6 Å². The minimum absolute atomic E-state index is 0.00580. The summed E-state index contributed by atoms with van der Waals surface area (Å²) in [4.78, 5) is 12.4. The van der Waals surface area contributed by atoms with E-state index in [0.717, 1.165) is 6.54 Å². The highest BCUT2D eigenvalue weighted by Gasteiger charge is 2.16. The molecular weight excluding hydrogens is 264 g/mol. The maximum absolute atomic E-state index is 5.47. The van der Waals surface area contributed by atoms with Crippen LogP contribution in [0.4, 0.5) is 11.9 Å². The van der Waals surface area contributed by atoms with Gasteiger partial charge < -0.3 is 10.1 Å². The number of hydrogen-bond acceptors (Lipinski definition) is 8. The zero-order valence-corrected chi connectivity index (χ0v) is 12.0. The van der Waals surface area contributed by atoms with Gasteiger partial charge in [-0.15, -0.1) is 0 Å². The van der Waals surface area contributed by atoms with Crippen LogP contribution in [0.3, 0.4) is 0 Å². The fourth-order valence-electron chi connectivity index (χ4n) is 1.77. The van der Waals surface area contributed by atoms with Gasteiger partial charge in [0.1, 0.15) is 0 Å². The lowest BCUT2D eigenvalue weighted by molar-refractivity contribution is 0.222. The molecule has 0 amide bonds. The molecular formula is C11H20N6OS. The number of ether oxygens (including phenoxy) is 1. The van der Waals surface area contributed by atoms with Gasteiger partial charge in [0.2, 0.25) is 11.9 Å². The summed E-state index contributed by atoms with van der Waals surface area (Å²) in [6.45, 7) is 4.68. The molecule has 0 radical (unpaired) electrons. The van der Waals surface area contributed by atoms with E-state index in [0.29, 0.717) is 17.1 Å². The van der Waals surface area contributed by atoms with Gasteiger partial charge in [0, 0.05) is 11.8 Å². The van der Waals surface area contributed by atoms with E-state index in [-0.39, 0.29) is 12.1 Å². The molecule has 1 aliphatic rings. The van der Waals surface area contributed by atoms with Crippen LogP contribution in [0.2, 0.25) is 0 Å². The average Bonchev–Trinajstić information content (AvgIpc) is 2.88. The quantitative estimate of drug-likeness (QED) is 0.530. The van der Waals surface area contributed by atoms with Crippen LogP contribution in [0.5, 0.6) is 6.01 Å². The molecule has 0 aliphatic carbocycles. The van der Waals surface area contributed by atoms with Gasteiger partial charge in [-0.3, -0.25) is 5.43 Å². The molecule has 0 bridgehead atoms. The number of nitrogen functional groups attached to an aromatic ring is 1. The smallest absolute Gasteiger partial charge is 0.323 e. The monoisotopic (exact) mass is 284 g/mol. The first kappa shape index (κ1) is 14.1. The highest BCUT2D eigenvalue weighted by Crippen LogP contribution is 2.26. The second-order valence-electron chi connectivity index (χ2n) is 4.59. The van der Waals surface area contributed by atoms with E-state index in [4.69, 9.17) is 10.6 Å². The van der Waals surface area contributed by atoms with Gasteiger partial charge in [-0.25, -0.2) is 5.84 Å². The number of nitrogens with zero attached hydrogens (tertiary/aromatic N) is 3. The third kappa shape index (κ3) is 4.39. The van der Waals surface area contributed by atoms with Gasteiger partial charge in [-0.1, -0.05) is 0 Å². The molecule has 0 aromatic carbocycles. The Bertz CT molecular complexity index is 410. The minimum Gasteiger partial charge on any atom is -0.461 e. The summed E-state index contributed by atoms with van der Waals surface area (Å²) in [5, 5.41) is 3.84. The number of nitrogens with one attached hydrogen (secondary N) is 2. The summed E-state index contributed by atoms with van der Waals surface area (Å²) in [6, 6.07) is 0.277. The second-order valence-corrected chi connectivity index (χ2v) is 6.00. The predicted octanol–water partition coefficient (Wildman–Crippen LogP) is 1.25. The maximum Gasteiger partial charge on any atom is 0.323 e. The Hall–Kier alpha value is -1.28. The number of rotatable bonds is 6. The number of hydrazine groups is 1. The lowest BCUT2D eigenvalue weighted by Gasteiger charge is -2.13. The van der Waals surface area contributed by atoms with Crippen molar-refractivity contribution in [2.75, 3.05) is 23.0 Å². The molecule has 1 unspecified atom stereocenters. The Kier molecular flexibility index (Phi) is 5.03. The first-order chi connectivity index (χ1) is 9.17. The van der Waals surface area contributed by atoms with Crippen LogP contribution in [0, 0.1) is 0 Å². The van der Waals surface area contributed by atoms with Crippen LogP contribution in [0.25, 0.3) is 0 Å². The van der Waals surface area contributed by atoms with Crippen LogP contribution in [0.1, 0.15) is 26.7 Å². The Morgan fingerprint density at radius 2 is 2.16 bits per heavy atom. The predicted molar refractivity (Wildman–Crippen MR) is 77.4 cm³/mol. The molecule has 1 fully saturated rings. The number of aromatic nitrogens is 3. The molecule has 7 nitrogen and oxygen atoms in total. The standard InChI is InChI=1S/C11H20N6OS/c1-7(2)18-11-15-9(14-10(16-11)17-12)13-6-8-4-3-5-19-8/h7-8H,3-6,12H2,1-2H3,(H2,13,14,15,16,17). The van der Waals surface area contributed by atoms with E-state index in [2.05, 4.69) is 25.7 Å². The third-order valence-corrected chi connectivity index (χ3v) is 4.00. The summed E-state index contributed by atoms with van der Waals surface area (Å²) < 4.78 is 5.47. The van der Waals surface area contributed by atoms with Crippen molar-refractivity contribution in [3.05, 3.63) is 0 Å².